The molecule has 7 heteroatoms. The van der Waals surface area contributed by atoms with Crippen molar-refractivity contribution in [2.45, 2.75) is 33.1 Å². The number of aryl methyl sites for hydroxylation is 1. The lowest BCUT2D eigenvalue weighted by Gasteiger charge is -2.26. The quantitative estimate of drug-likeness (QED) is 0.886. The Hall–Kier alpha value is -2.18. The van der Waals surface area contributed by atoms with Crippen molar-refractivity contribution in [3.63, 3.8) is 0 Å². The van der Waals surface area contributed by atoms with E-state index in [1.165, 1.54) is 19.3 Å². The summed E-state index contributed by atoms with van der Waals surface area (Å²) in [5, 5.41) is 0. The van der Waals surface area contributed by atoms with E-state index in [4.69, 9.17) is 5.73 Å². The molecule has 0 aliphatic carbocycles. The Labute approximate surface area is 117 Å². The Morgan fingerprint density at radius 3 is 2.35 bits per heavy atom. The van der Waals surface area contributed by atoms with E-state index in [1.54, 1.807) is 6.33 Å². The molecule has 3 heterocycles. The molecule has 1 aliphatic rings. The zero-order chi connectivity index (χ0) is 14.1. The van der Waals surface area contributed by atoms with Crippen molar-refractivity contribution >= 4 is 11.9 Å². The lowest BCUT2D eigenvalue weighted by Crippen LogP contribution is -2.31. The van der Waals surface area contributed by atoms with Gasteiger partial charge in [-0.1, -0.05) is 0 Å². The van der Waals surface area contributed by atoms with Crippen LogP contribution in [-0.4, -0.2) is 37.6 Å². The number of nitrogens with zero attached hydrogens (tertiary/aromatic N) is 6. The second-order valence-corrected chi connectivity index (χ2v) is 5.13. The second-order valence-electron chi connectivity index (χ2n) is 5.13. The van der Waals surface area contributed by atoms with Crippen LogP contribution in [0.1, 0.15) is 30.7 Å². The SMILES string of the molecule is Cc1ncn(-c2nc(N)nc(N3CCCCC3)n2)c1C. The predicted molar refractivity (Wildman–Crippen MR) is 76.9 cm³/mol. The summed E-state index contributed by atoms with van der Waals surface area (Å²) in [6, 6.07) is 0. The third-order valence-corrected chi connectivity index (χ3v) is 3.74. The molecule has 7 nitrogen and oxygen atoms in total. The molecule has 1 fully saturated rings. The van der Waals surface area contributed by atoms with E-state index < -0.39 is 0 Å². The highest BCUT2D eigenvalue weighted by atomic mass is 15.3. The van der Waals surface area contributed by atoms with Gasteiger partial charge in [0.2, 0.25) is 17.8 Å². The van der Waals surface area contributed by atoms with Gasteiger partial charge in [0, 0.05) is 18.8 Å². The van der Waals surface area contributed by atoms with Crippen LogP contribution in [0.4, 0.5) is 11.9 Å². The summed E-state index contributed by atoms with van der Waals surface area (Å²) in [6.07, 6.45) is 5.33. The smallest absolute Gasteiger partial charge is 0.241 e. The van der Waals surface area contributed by atoms with Crippen LogP contribution in [0.25, 0.3) is 5.95 Å². The Kier molecular flexibility index (Phi) is 3.25. The van der Waals surface area contributed by atoms with Crippen LogP contribution in [-0.2, 0) is 0 Å². The van der Waals surface area contributed by atoms with Gasteiger partial charge in [-0.3, -0.25) is 4.57 Å². The Morgan fingerprint density at radius 1 is 1.00 bits per heavy atom. The van der Waals surface area contributed by atoms with Crippen LogP contribution >= 0.6 is 0 Å². The van der Waals surface area contributed by atoms with Gasteiger partial charge >= 0.3 is 0 Å². The third kappa shape index (κ3) is 2.31. The molecule has 0 unspecified atom stereocenters. The summed E-state index contributed by atoms with van der Waals surface area (Å²) >= 11 is 0. The van der Waals surface area contributed by atoms with Gasteiger partial charge in [-0.05, 0) is 33.1 Å². The number of hydrogen-bond donors (Lipinski definition) is 1. The molecular formula is C13H19N7. The van der Waals surface area contributed by atoms with Crippen LogP contribution < -0.4 is 10.6 Å². The minimum atomic E-state index is 0.251. The molecule has 2 aromatic heterocycles. The number of anilines is 2. The maximum Gasteiger partial charge on any atom is 0.241 e. The molecule has 2 N–H and O–H groups in total. The lowest BCUT2D eigenvalue weighted by atomic mass is 10.1. The summed E-state index contributed by atoms with van der Waals surface area (Å²) in [5.74, 6) is 1.45. The largest absolute Gasteiger partial charge is 0.368 e. The molecule has 2 aromatic rings. The molecule has 1 saturated heterocycles. The first-order valence-corrected chi connectivity index (χ1v) is 6.92. The first kappa shape index (κ1) is 12.8. The van der Waals surface area contributed by atoms with Crippen LogP contribution in [0.15, 0.2) is 6.33 Å². The average Bonchev–Trinajstić information content (AvgIpc) is 2.79. The summed E-state index contributed by atoms with van der Waals surface area (Å²) in [7, 11) is 0. The van der Waals surface area contributed by atoms with Crippen molar-refractivity contribution in [3.05, 3.63) is 17.7 Å². The molecule has 0 spiro atoms. The monoisotopic (exact) mass is 273 g/mol. The van der Waals surface area contributed by atoms with E-state index in [1.807, 2.05) is 18.4 Å². The number of nitrogens with two attached hydrogens (primary N) is 1. The minimum absolute atomic E-state index is 0.251. The van der Waals surface area contributed by atoms with Gasteiger partial charge in [0.05, 0.1) is 5.69 Å². The van der Waals surface area contributed by atoms with Crippen molar-refractivity contribution in [3.8, 4) is 5.95 Å². The predicted octanol–water partition coefficient (Wildman–Crippen LogP) is 1.25. The normalized spacial score (nSPS) is 15.6. The molecule has 106 valence electrons. The van der Waals surface area contributed by atoms with Crippen LogP contribution in [0, 0.1) is 13.8 Å². The summed E-state index contributed by atoms with van der Waals surface area (Å²) in [6.45, 7) is 5.90. The first-order valence-electron chi connectivity index (χ1n) is 6.92. The van der Waals surface area contributed by atoms with Crippen LogP contribution in [0.3, 0.4) is 0 Å². The number of aromatic nitrogens is 5. The number of piperidine rings is 1. The van der Waals surface area contributed by atoms with Crippen LogP contribution in [0.2, 0.25) is 0 Å². The summed E-state index contributed by atoms with van der Waals surface area (Å²) in [4.78, 5) is 19.5. The molecule has 0 bridgehead atoms. The minimum Gasteiger partial charge on any atom is -0.368 e. The molecule has 3 rings (SSSR count). The van der Waals surface area contributed by atoms with Gasteiger partial charge in [0.25, 0.3) is 0 Å². The summed E-state index contributed by atoms with van der Waals surface area (Å²) in [5.41, 5.74) is 7.81. The van der Waals surface area contributed by atoms with Crippen molar-refractivity contribution in [2.75, 3.05) is 23.7 Å². The standard InChI is InChI=1S/C13H19N7/c1-9-10(2)20(8-15-9)13-17-11(14)16-12(18-13)19-6-4-3-5-7-19/h8H,3-7H2,1-2H3,(H2,14,16,17,18). The fourth-order valence-electron chi connectivity index (χ4n) is 2.41. The highest BCUT2D eigenvalue weighted by molar-refractivity contribution is 5.39. The Balaban J connectivity index is 2.00. The number of rotatable bonds is 2. The van der Waals surface area contributed by atoms with E-state index in [2.05, 4.69) is 24.8 Å². The van der Waals surface area contributed by atoms with E-state index in [0.717, 1.165) is 24.5 Å². The molecule has 0 aromatic carbocycles. The zero-order valence-corrected chi connectivity index (χ0v) is 11.9. The maximum atomic E-state index is 5.84. The molecule has 1 aliphatic heterocycles. The van der Waals surface area contributed by atoms with E-state index in [9.17, 15) is 0 Å². The average molecular weight is 273 g/mol. The Bertz CT molecular complexity index is 613. The number of imidazole rings is 1. The first-order chi connectivity index (χ1) is 9.65. The molecular weight excluding hydrogens is 254 g/mol. The lowest BCUT2D eigenvalue weighted by molar-refractivity contribution is 0.567. The Morgan fingerprint density at radius 2 is 1.70 bits per heavy atom. The second kappa shape index (κ2) is 5.07. The zero-order valence-electron chi connectivity index (χ0n) is 11.9. The van der Waals surface area contributed by atoms with Crippen LogP contribution in [0.5, 0.6) is 0 Å². The van der Waals surface area contributed by atoms with Crippen molar-refractivity contribution in [1.29, 1.82) is 0 Å². The molecule has 0 saturated carbocycles. The fourth-order valence-corrected chi connectivity index (χ4v) is 2.41. The van der Waals surface area contributed by atoms with E-state index >= 15 is 0 Å². The molecule has 0 amide bonds. The van der Waals surface area contributed by atoms with Crippen molar-refractivity contribution < 1.29 is 0 Å². The highest BCUT2D eigenvalue weighted by Gasteiger charge is 2.17. The van der Waals surface area contributed by atoms with E-state index in [-0.39, 0.29) is 5.95 Å². The molecule has 20 heavy (non-hydrogen) atoms. The van der Waals surface area contributed by atoms with Gasteiger partial charge < -0.3 is 10.6 Å². The van der Waals surface area contributed by atoms with Crippen molar-refractivity contribution in [2.24, 2.45) is 0 Å². The van der Waals surface area contributed by atoms with Gasteiger partial charge in [-0.25, -0.2) is 4.98 Å². The van der Waals surface area contributed by atoms with Gasteiger partial charge in [0.1, 0.15) is 6.33 Å². The fraction of sp³-hybridized carbons (Fsp3) is 0.538. The highest BCUT2D eigenvalue weighted by Crippen LogP contribution is 2.18. The number of hydrogen-bond acceptors (Lipinski definition) is 6. The van der Waals surface area contributed by atoms with Gasteiger partial charge in [-0.2, -0.15) is 15.0 Å². The summed E-state index contributed by atoms with van der Waals surface area (Å²) < 4.78 is 1.85. The van der Waals surface area contributed by atoms with Gasteiger partial charge in [0.15, 0.2) is 0 Å². The molecule has 0 radical (unpaired) electrons. The van der Waals surface area contributed by atoms with Gasteiger partial charge in [-0.15, -0.1) is 0 Å². The maximum absolute atomic E-state index is 5.84. The topological polar surface area (TPSA) is 85.8 Å². The van der Waals surface area contributed by atoms with Crippen molar-refractivity contribution in [1.82, 2.24) is 24.5 Å². The van der Waals surface area contributed by atoms with E-state index in [0.29, 0.717) is 11.9 Å². The molecule has 0 atom stereocenters. The third-order valence-electron chi connectivity index (χ3n) is 3.74. The number of nitrogen functional groups attached to an aromatic ring is 1.